The van der Waals surface area contributed by atoms with Crippen LogP contribution in [0, 0.1) is 5.41 Å². The summed E-state index contributed by atoms with van der Waals surface area (Å²) in [7, 11) is 0. The first kappa shape index (κ1) is 9.93. The molecular formula is C9H19FN2. The van der Waals surface area contributed by atoms with E-state index in [1.165, 1.54) is 0 Å². The summed E-state index contributed by atoms with van der Waals surface area (Å²) in [5.74, 6) is 0. The predicted octanol–water partition coefficient (Wildman–Crippen LogP) is 0.887. The number of nitrogens with one attached hydrogen (secondary N) is 1. The Kier molecular flexibility index (Phi) is 3.47. The summed E-state index contributed by atoms with van der Waals surface area (Å²) < 4.78 is 12.1. The average Bonchev–Trinajstić information content (AvgIpc) is 2.11. The van der Waals surface area contributed by atoms with Crippen molar-refractivity contribution in [2.24, 2.45) is 5.41 Å². The van der Waals surface area contributed by atoms with Crippen LogP contribution in [0.3, 0.4) is 0 Å². The first-order valence-electron chi connectivity index (χ1n) is 4.63. The summed E-state index contributed by atoms with van der Waals surface area (Å²) in [6.45, 7) is 8.81. The van der Waals surface area contributed by atoms with Crippen molar-refractivity contribution in [3.8, 4) is 0 Å². The molecule has 0 amide bonds. The Morgan fingerprint density at radius 1 is 1.50 bits per heavy atom. The van der Waals surface area contributed by atoms with Crippen molar-refractivity contribution in [1.82, 2.24) is 10.2 Å². The highest BCUT2D eigenvalue weighted by Crippen LogP contribution is 2.17. The van der Waals surface area contributed by atoms with E-state index in [1.807, 2.05) is 0 Å². The van der Waals surface area contributed by atoms with E-state index in [1.54, 1.807) is 0 Å². The zero-order valence-electron chi connectivity index (χ0n) is 8.07. The molecule has 3 heteroatoms. The minimum Gasteiger partial charge on any atom is -0.315 e. The van der Waals surface area contributed by atoms with Crippen LogP contribution in [0.4, 0.5) is 4.39 Å². The molecule has 0 spiro atoms. The molecule has 0 bridgehead atoms. The lowest BCUT2D eigenvalue weighted by Gasteiger charge is -2.28. The summed E-state index contributed by atoms with van der Waals surface area (Å²) >= 11 is 0. The maximum Gasteiger partial charge on any atom is 0.102 e. The molecule has 0 aromatic rings. The van der Waals surface area contributed by atoms with Crippen LogP contribution < -0.4 is 5.32 Å². The van der Waals surface area contributed by atoms with Crippen LogP contribution in [0.2, 0.25) is 0 Å². The first-order chi connectivity index (χ1) is 5.64. The molecule has 72 valence electrons. The molecular weight excluding hydrogens is 155 g/mol. The number of rotatable bonds is 2. The third-order valence-corrected chi connectivity index (χ3v) is 2.26. The third-order valence-electron chi connectivity index (χ3n) is 2.26. The Morgan fingerprint density at radius 3 is 2.92 bits per heavy atom. The van der Waals surface area contributed by atoms with Crippen molar-refractivity contribution in [1.29, 1.82) is 0 Å². The van der Waals surface area contributed by atoms with Gasteiger partial charge in [-0.05, 0) is 5.41 Å². The Morgan fingerprint density at radius 2 is 2.25 bits per heavy atom. The number of alkyl halides is 1. The van der Waals surface area contributed by atoms with Gasteiger partial charge < -0.3 is 5.32 Å². The lowest BCUT2D eigenvalue weighted by Crippen LogP contribution is -2.36. The molecule has 0 saturated carbocycles. The quantitative estimate of drug-likeness (QED) is 0.669. The fourth-order valence-corrected chi connectivity index (χ4v) is 1.71. The topological polar surface area (TPSA) is 15.3 Å². The van der Waals surface area contributed by atoms with Gasteiger partial charge in [0.05, 0.1) is 0 Å². The van der Waals surface area contributed by atoms with Gasteiger partial charge in [-0.1, -0.05) is 13.8 Å². The largest absolute Gasteiger partial charge is 0.315 e. The SMILES string of the molecule is CC1(C)CNCCN(CCF)C1. The smallest absolute Gasteiger partial charge is 0.102 e. The minimum absolute atomic E-state index is 0.226. The molecule has 1 fully saturated rings. The normalized spacial score (nSPS) is 25.2. The van der Waals surface area contributed by atoms with Crippen LogP contribution in [0.5, 0.6) is 0 Å². The Bertz CT molecular complexity index is 136. The van der Waals surface area contributed by atoms with E-state index in [-0.39, 0.29) is 12.1 Å². The average molecular weight is 174 g/mol. The van der Waals surface area contributed by atoms with Gasteiger partial charge in [-0.3, -0.25) is 4.90 Å². The van der Waals surface area contributed by atoms with Crippen LogP contribution in [0.25, 0.3) is 0 Å². The molecule has 2 nitrogen and oxygen atoms in total. The monoisotopic (exact) mass is 174 g/mol. The Labute approximate surface area is 74.1 Å². The Hall–Kier alpha value is -0.150. The lowest BCUT2D eigenvalue weighted by molar-refractivity contribution is 0.194. The van der Waals surface area contributed by atoms with E-state index in [0.29, 0.717) is 6.54 Å². The highest BCUT2D eigenvalue weighted by Gasteiger charge is 2.23. The number of nitrogens with zero attached hydrogens (tertiary/aromatic N) is 1. The predicted molar refractivity (Wildman–Crippen MR) is 49.1 cm³/mol. The molecule has 0 atom stereocenters. The molecule has 0 aliphatic carbocycles. The van der Waals surface area contributed by atoms with Crippen molar-refractivity contribution in [3.05, 3.63) is 0 Å². The molecule has 1 N–H and O–H groups in total. The summed E-state index contributed by atoms with van der Waals surface area (Å²) in [4.78, 5) is 2.19. The molecule has 0 radical (unpaired) electrons. The van der Waals surface area contributed by atoms with Crippen LogP contribution in [-0.2, 0) is 0 Å². The third kappa shape index (κ3) is 3.07. The van der Waals surface area contributed by atoms with Gasteiger partial charge >= 0.3 is 0 Å². The molecule has 0 aromatic heterocycles. The van der Waals surface area contributed by atoms with E-state index in [9.17, 15) is 4.39 Å². The second kappa shape index (κ2) is 4.19. The van der Waals surface area contributed by atoms with E-state index in [0.717, 1.165) is 26.2 Å². The fraction of sp³-hybridized carbons (Fsp3) is 1.00. The number of hydrogen-bond acceptors (Lipinski definition) is 2. The van der Waals surface area contributed by atoms with Gasteiger partial charge in [0.1, 0.15) is 6.67 Å². The van der Waals surface area contributed by atoms with Crippen molar-refractivity contribution in [2.45, 2.75) is 13.8 Å². The van der Waals surface area contributed by atoms with Crippen molar-refractivity contribution >= 4 is 0 Å². The molecule has 1 saturated heterocycles. The molecule has 1 aliphatic rings. The molecule has 1 heterocycles. The van der Waals surface area contributed by atoms with Gasteiger partial charge in [-0.2, -0.15) is 0 Å². The summed E-state index contributed by atoms with van der Waals surface area (Å²) in [6, 6.07) is 0. The summed E-state index contributed by atoms with van der Waals surface area (Å²) in [5.41, 5.74) is 0.283. The van der Waals surface area contributed by atoms with E-state index < -0.39 is 0 Å². The minimum atomic E-state index is -0.226. The van der Waals surface area contributed by atoms with Gasteiger partial charge in [-0.25, -0.2) is 4.39 Å². The molecule has 1 aliphatic heterocycles. The fourth-order valence-electron chi connectivity index (χ4n) is 1.71. The standard InChI is InChI=1S/C9H19FN2/c1-9(2)7-11-4-6-12(8-9)5-3-10/h11H,3-8H2,1-2H3. The van der Waals surface area contributed by atoms with Crippen LogP contribution in [0.15, 0.2) is 0 Å². The molecule has 12 heavy (non-hydrogen) atoms. The van der Waals surface area contributed by atoms with Crippen LogP contribution in [-0.4, -0.2) is 44.3 Å². The number of halogens is 1. The van der Waals surface area contributed by atoms with E-state index >= 15 is 0 Å². The highest BCUT2D eigenvalue weighted by molar-refractivity contribution is 4.80. The molecule has 1 rings (SSSR count). The maximum atomic E-state index is 12.1. The van der Waals surface area contributed by atoms with Gasteiger partial charge in [0.25, 0.3) is 0 Å². The van der Waals surface area contributed by atoms with E-state index in [2.05, 4.69) is 24.1 Å². The highest BCUT2D eigenvalue weighted by atomic mass is 19.1. The van der Waals surface area contributed by atoms with Gasteiger partial charge in [0.15, 0.2) is 0 Å². The number of hydrogen-bond donors (Lipinski definition) is 1. The lowest BCUT2D eigenvalue weighted by atomic mass is 9.93. The molecule has 0 unspecified atom stereocenters. The Balaban J connectivity index is 2.42. The second-order valence-electron chi connectivity index (χ2n) is 4.31. The first-order valence-corrected chi connectivity index (χ1v) is 4.63. The zero-order chi connectivity index (χ0) is 9.03. The maximum absolute atomic E-state index is 12.1. The second-order valence-corrected chi connectivity index (χ2v) is 4.31. The van der Waals surface area contributed by atoms with E-state index in [4.69, 9.17) is 0 Å². The zero-order valence-corrected chi connectivity index (χ0v) is 8.07. The van der Waals surface area contributed by atoms with Gasteiger partial charge in [0.2, 0.25) is 0 Å². The van der Waals surface area contributed by atoms with Crippen molar-refractivity contribution in [3.63, 3.8) is 0 Å². The van der Waals surface area contributed by atoms with Gasteiger partial charge in [-0.15, -0.1) is 0 Å². The van der Waals surface area contributed by atoms with Gasteiger partial charge in [0, 0.05) is 32.7 Å². The van der Waals surface area contributed by atoms with Crippen LogP contribution in [0.1, 0.15) is 13.8 Å². The van der Waals surface area contributed by atoms with Crippen molar-refractivity contribution in [2.75, 3.05) is 39.4 Å². The summed E-state index contributed by atoms with van der Waals surface area (Å²) in [6.07, 6.45) is 0. The molecule has 0 aromatic carbocycles. The summed E-state index contributed by atoms with van der Waals surface area (Å²) in [5, 5.41) is 3.36. The van der Waals surface area contributed by atoms with Crippen LogP contribution >= 0.6 is 0 Å². The van der Waals surface area contributed by atoms with Crippen molar-refractivity contribution < 1.29 is 4.39 Å².